The maximum atomic E-state index is 13.0. The van der Waals surface area contributed by atoms with Gasteiger partial charge in [-0.05, 0) is 49.4 Å². The summed E-state index contributed by atoms with van der Waals surface area (Å²) in [6.07, 6.45) is 36.3. The van der Waals surface area contributed by atoms with E-state index in [1.165, 1.54) is 116 Å². The number of aliphatic hydroxyl groups excluding tert-OH is 1. The van der Waals surface area contributed by atoms with Gasteiger partial charge in [0.15, 0.2) is 12.2 Å². The standard InChI is InChI=1S/C66H128O17P2/c1-9-58(7)44-36-28-20-13-11-12-14-21-30-38-46-63(68)76-53-62(83-66(71)49-41-33-25-24-29-37-45-59(8)10-2)55-81-85(74,75)79-51-60(67)50-78-84(72,73)80-54-61(52-77-64(69)47-39-31-23-17-19-27-35-43-57(5)6)82-65(70)48-40-32-22-16-15-18-26-34-42-56(3)4/h56-62,67H,9-55H2,1-8H3,(H,72,73)(H,74,75)/t58?,59?,60?,61-,62-/m1/s1. The van der Waals surface area contributed by atoms with Crippen LogP contribution in [0.25, 0.3) is 0 Å². The molecular weight excluding hydrogens is 1130 g/mol. The molecule has 0 rings (SSSR count). The molecule has 504 valence electrons. The number of rotatable bonds is 63. The Hall–Kier alpha value is -1.94. The van der Waals surface area contributed by atoms with E-state index in [9.17, 15) is 43.2 Å². The van der Waals surface area contributed by atoms with Gasteiger partial charge in [0.2, 0.25) is 0 Å². The van der Waals surface area contributed by atoms with E-state index in [-0.39, 0.29) is 25.7 Å². The molecule has 0 aliphatic heterocycles. The Balaban J connectivity index is 5.25. The summed E-state index contributed by atoms with van der Waals surface area (Å²) in [6, 6.07) is 0. The smallest absolute Gasteiger partial charge is 0.462 e. The molecule has 7 atom stereocenters. The van der Waals surface area contributed by atoms with Crippen molar-refractivity contribution in [3.63, 3.8) is 0 Å². The minimum absolute atomic E-state index is 0.102. The van der Waals surface area contributed by atoms with Crippen LogP contribution in [0.2, 0.25) is 0 Å². The molecule has 19 heteroatoms. The van der Waals surface area contributed by atoms with Crippen molar-refractivity contribution < 1.29 is 80.2 Å². The van der Waals surface area contributed by atoms with Crippen LogP contribution in [-0.4, -0.2) is 96.7 Å². The molecule has 0 radical (unpaired) electrons. The Labute approximate surface area is 517 Å². The summed E-state index contributed by atoms with van der Waals surface area (Å²) in [6.45, 7) is 14.0. The summed E-state index contributed by atoms with van der Waals surface area (Å²) in [5.41, 5.74) is 0. The van der Waals surface area contributed by atoms with Gasteiger partial charge >= 0.3 is 39.5 Å². The molecule has 0 aromatic rings. The third kappa shape index (κ3) is 58.2. The second-order valence-electron chi connectivity index (χ2n) is 25.3. The molecule has 0 spiro atoms. The number of unbranched alkanes of at least 4 members (excludes halogenated alkanes) is 27. The predicted molar refractivity (Wildman–Crippen MR) is 340 cm³/mol. The van der Waals surface area contributed by atoms with Crippen LogP contribution in [-0.2, 0) is 65.4 Å². The molecular formula is C66H128O17P2. The molecule has 0 saturated heterocycles. The van der Waals surface area contributed by atoms with E-state index >= 15 is 0 Å². The minimum atomic E-state index is -4.95. The molecule has 17 nitrogen and oxygen atoms in total. The van der Waals surface area contributed by atoms with Crippen LogP contribution < -0.4 is 0 Å². The van der Waals surface area contributed by atoms with Gasteiger partial charge in [-0.1, -0.05) is 267 Å². The molecule has 0 aliphatic rings. The van der Waals surface area contributed by atoms with E-state index in [0.29, 0.717) is 31.6 Å². The molecule has 0 amide bonds. The molecule has 0 heterocycles. The highest BCUT2D eigenvalue weighted by atomic mass is 31.2. The van der Waals surface area contributed by atoms with Gasteiger partial charge in [-0.3, -0.25) is 37.3 Å². The lowest BCUT2D eigenvalue weighted by Crippen LogP contribution is -2.30. The lowest BCUT2D eigenvalue weighted by molar-refractivity contribution is -0.161. The Morgan fingerprint density at radius 2 is 0.565 bits per heavy atom. The lowest BCUT2D eigenvalue weighted by Gasteiger charge is -2.21. The van der Waals surface area contributed by atoms with Gasteiger partial charge in [-0.15, -0.1) is 0 Å². The number of carbonyl (C=O) groups is 4. The molecule has 3 N–H and O–H groups in total. The molecule has 0 aliphatic carbocycles. The number of aliphatic hydroxyl groups is 1. The van der Waals surface area contributed by atoms with Gasteiger partial charge in [0, 0.05) is 25.7 Å². The molecule has 0 fully saturated rings. The fraction of sp³-hybridized carbons (Fsp3) is 0.939. The predicted octanol–water partition coefficient (Wildman–Crippen LogP) is 18.1. The van der Waals surface area contributed by atoms with Crippen LogP contribution in [0.15, 0.2) is 0 Å². The second kappa shape index (κ2) is 56.1. The number of ether oxygens (including phenoxy) is 4. The summed E-state index contributed by atoms with van der Waals surface area (Å²) < 4.78 is 68.1. The van der Waals surface area contributed by atoms with E-state index in [4.69, 9.17) is 37.0 Å². The van der Waals surface area contributed by atoms with Crippen molar-refractivity contribution >= 4 is 39.5 Å². The molecule has 0 bridgehead atoms. The van der Waals surface area contributed by atoms with Crippen molar-refractivity contribution in [3.8, 4) is 0 Å². The number of hydrogen-bond donors (Lipinski definition) is 3. The average molecular weight is 1260 g/mol. The van der Waals surface area contributed by atoms with Crippen molar-refractivity contribution in [2.45, 2.75) is 337 Å². The number of hydrogen-bond acceptors (Lipinski definition) is 15. The number of phosphoric acid groups is 2. The third-order valence-electron chi connectivity index (χ3n) is 15.8. The Morgan fingerprint density at radius 1 is 0.329 bits per heavy atom. The highest BCUT2D eigenvalue weighted by molar-refractivity contribution is 7.47. The van der Waals surface area contributed by atoms with E-state index < -0.39 is 97.5 Å². The van der Waals surface area contributed by atoms with Gasteiger partial charge in [0.25, 0.3) is 0 Å². The number of phosphoric ester groups is 2. The largest absolute Gasteiger partial charge is 0.472 e. The Bertz CT molecular complexity index is 1700. The van der Waals surface area contributed by atoms with Crippen molar-refractivity contribution in [1.29, 1.82) is 0 Å². The van der Waals surface area contributed by atoms with Gasteiger partial charge in [-0.25, -0.2) is 9.13 Å². The zero-order chi connectivity index (χ0) is 63.2. The van der Waals surface area contributed by atoms with Gasteiger partial charge < -0.3 is 33.8 Å². The zero-order valence-electron chi connectivity index (χ0n) is 55.2. The van der Waals surface area contributed by atoms with E-state index in [1.807, 2.05) is 0 Å². The van der Waals surface area contributed by atoms with Crippen molar-refractivity contribution in [2.75, 3.05) is 39.6 Å². The molecule has 5 unspecified atom stereocenters. The van der Waals surface area contributed by atoms with Gasteiger partial charge in [-0.2, -0.15) is 0 Å². The van der Waals surface area contributed by atoms with E-state index in [0.717, 1.165) is 114 Å². The van der Waals surface area contributed by atoms with E-state index in [2.05, 4.69) is 55.4 Å². The van der Waals surface area contributed by atoms with E-state index in [1.54, 1.807) is 0 Å². The van der Waals surface area contributed by atoms with Crippen LogP contribution >= 0.6 is 15.6 Å². The first-order valence-corrected chi connectivity index (χ1v) is 37.3. The van der Waals surface area contributed by atoms with Gasteiger partial charge in [0.1, 0.15) is 19.3 Å². The van der Waals surface area contributed by atoms with Crippen molar-refractivity contribution in [3.05, 3.63) is 0 Å². The molecule has 0 aromatic carbocycles. The average Bonchev–Trinajstić information content (AvgIpc) is 3.49. The fourth-order valence-corrected chi connectivity index (χ4v) is 11.3. The fourth-order valence-electron chi connectivity index (χ4n) is 9.72. The summed E-state index contributed by atoms with van der Waals surface area (Å²) >= 11 is 0. The third-order valence-corrected chi connectivity index (χ3v) is 17.7. The first-order chi connectivity index (χ1) is 40.7. The molecule has 0 aromatic heterocycles. The highest BCUT2D eigenvalue weighted by Crippen LogP contribution is 2.45. The Morgan fingerprint density at radius 3 is 0.835 bits per heavy atom. The van der Waals surface area contributed by atoms with Crippen molar-refractivity contribution in [1.82, 2.24) is 0 Å². The maximum Gasteiger partial charge on any atom is 0.472 e. The summed E-state index contributed by atoms with van der Waals surface area (Å²) in [4.78, 5) is 72.3. The van der Waals surface area contributed by atoms with Crippen LogP contribution in [0, 0.1) is 23.7 Å². The highest BCUT2D eigenvalue weighted by Gasteiger charge is 2.30. The summed E-state index contributed by atoms with van der Waals surface area (Å²) in [5.74, 6) is 0.813. The van der Waals surface area contributed by atoms with Crippen molar-refractivity contribution in [2.24, 2.45) is 23.7 Å². The molecule has 85 heavy (non-hydrogen) atoms. The van der Waals surface area contributed by atoms with Crippen LogP contribution in [0.5, 0.6) is 0 Å². The topological polar surface area (TPSA) is 237 Å². The maximum absolute atomic E-state index is 13.0. The first-order valence-electron chi connectivity index (χ1n) is 34.3. The minimum Gasteiger partial charge on any atom is -0.462 e. The number of carbonyl (C=O) groups excluding carboxylic acids is 4. The van der Waals surface area contributed by atoms with Crippen LogP contribution in [0.3, 0.4) is 0 Å². The summed E-state index contributed by atoms with van der Waals surface area (Å²) in [7, 11) is -9.89. The normalized spacial score (nSPS) is 15.0. The Kier molecular flexibility index (Phi) is 54.8. The zero-order valence-corrected chi connectivity index (χ0v) is 57.0. The van der Waals surface area contributed by atoms with Gasteiger partial charge in [0.05, 0.1) is 26.4 Å². The monoisotopic (exact) mass is 1250 g/mol. The second-order valence-corrected chi connectivity index (χ2v) is 28.2. The number of esters is 4. The lowest BCUT2D eigenvalue weighted by atomic mass is 9.99. The SMILES string of the molecule is CCC(C)CCCCCCCCCCCCC(=O)OC[C@H](COP(=O)(O)OCC(O)COP(=O)(O)OC[C@@H](COC(=O)CCCCCCCCCC(C)C)OC(=O)CCCCCCCCCCC(C)C)OC(=O)CCCCCCCCC(C)CC. The van der Waals surface area contributed by atoms with Crippen LogP contribution in [0.4, 0.5) is 0 Å². The van der Waals surface area contributed by atoms with Crippen LogP contribution in [0.1, 0.15) is 319 Å². The first kappa shape index (κ1) is 83.1. The quantitative estimate of drug-likeness (QED) is 0.0222. The summed E-state index contributed by atoms with van der Waals surface area (Å²) in [5, 5.41) is 10.5. The molecule has 0 saturated carbocycles.